The largest absolute Gasteiger partial charge is 0.459 e. The van der Waals surface area contributed by atoms with Crippen LogP contribution in [0, 0.1) is 44.5 Å². The molecule has 6 aromatic heterocycles. The van der Waals surface area contributed by atoms with Crippen molar-refractivity contribution in [2.45, 2.75) is 20.0 Å². The number of carbonyl (C=O) groups is 3. The van der Waals surface area contributed by atoms with Crippen LogP contribution in [-0.2, 0) is 20.1 Å². The summed E-state index contributed by atoms with van der Waals surface area (Å²) in [6.07, 6.45) is 3.09. The van der Waals surface area contributed by atoms with E-state index in [1.807, 2.05) is 133 Å². The normalized spacial score (nSPS) is 14.2. The second-order valence-corrected chi connectivity index (χ2v) is 25.3. The zero-order chi connectivity index (χ0) is 65.3. The number of furan rings is 1. The molecule has 3 aromatic carbocycles. The lowest BCUT2D eigenvalue weighted by atomic mass is 10.0. The van der Waals surface area contributed by atoms with E-state index >= 15 is 0 Å². The molecule has 3 aliphatic rings. The standard InChI is InChI=1S/C24H27N5O3.C23H24IN5O2S.C21H19N5O2/c1-17-6-7-20-18(15-17)22(19(16-25)23(30)29(20)13-8-26(2)3)27-9-11-28(12-10-27)24(31)21-5-4-14-32-21;1-26(2)7-12-29-19-6-5-16(24)14-17(19)21(18(15-25)22(29)30)27-8-10-28(11-9-27)23(31)20-4-3-13-32-20;1-24-18-8-3-2-6-15(18)19(16(14-22)20(24)27)25-10-12-26(13-11-25)21(28)17-7-4-5-9-23-17/h4-7,14-15H,8-13H2,1-3H3;3-6,13-14H,7-12H2,1-2H3;2-9H,10-13H2,1H3. The number of pyridine rings is 4. The first-order valence-corrected chi connectivity index (χ1v) is 32.1. The van der Waals surface area contributed by atoms with E-state index in [0.29, 0.717) is 133 Å². The van der Waals surface area contributed by atoms with Crippen molar-refractivity contribution in [2.75, 3.05) is 135 Å². The van der Waals surface area contributed by atoms with Gasteiger partial charge in [-0.2, -0.15) is 15.8 Å². The molecule has 0 atom stereocenters. The molecule has 22 nitrogen and oxygen atoms in total. The van der Waals surface area contributed by atoms with E-state index in [1.165, 1.54) is 22.2 Å². The molecule has 92 heavy (non-hydrogen) atoms. The molecule has 0 saturated carbocycles. The summed E-state index contributed by atoms with van der Waals surface area (Å²) in [7, 11) is 9.53. The molecular weight excluding hydrogens is 1300 g/mol. The Hall–Kier alpha value is -9.65. The third kappa shape index (κ3) is 13.8. The van der Waals surface area contributed by atoms with E-state index in [0.717, 1.165) is 46.7 Å². The van der Waals surface area contributed by atoms with Crippen LogP contribution in [-0.4, -0.2) is 181 Å². The number of amides is 3. The zero-order valence-corrected chi connectivity index (χ0v) is 55.2. The average molecular weight is 1370 g/mol. The third-order valence-corrected chi connectivity index (χ3v) is 18.3. The Morgan fingerprint density at radius 3 is 1.55 bits per heavy atom. The molecule has 3 amide bonds. The number of nitriles is 3. The van der Waals surface area contributed by atoms with Gasteiger partial charge in [0.25, 0.3) is 34.4 Å². The summed E-state index contributed by atoms with van der Waals surface area (Å²) < 4.78 is 11.2. The maximum atomic E-state index is 13.3. The number of aryl methyl sites for hydroxylation is 2. The van der Waals surface area contributed by atoms with Gasteiger partial charge in [0.2, 0.25) is 0 Å². The number of aromatic nitrogens is 4. The lowest BCUT2D eigenvalue weighted by Crippen LogP contribution is -2.49. The molecule has 12 rings (SSSR count). The number of fused-ring (bicyclic) bond motifs is 3. The fourth-order valence-corrected chi connectivity index (χ4v) is 13.1. The fraction of sp³-hybridized carbons (Fsp3) is 0.324. The van der Waals surface area contributed by atoms with Gasteiger partial charge in [-0.25, -0.2) is 0 Å². The van der Waals surface area contributed by atoms with E-state index in [2.05, 4.69) is 55.6 Å². The van der Waals surface area contributed by atoms with Gasteiger partial charge >= 0.3 is 0 Å². The van der Waals surface area contributed by atoms with Crippen molar-refractivity contribution in [1.29, 1.82) is 15.8 Å². The van der Waals surface area contributed by atoms with Gasteiger partial charge in [0.1, 0.15) is 40.6 Å². The Balaban J connectivity index is 0.000000152. The molecule has 0 bridgehead atoms. The number of carbonyl (C=O) groups excluding carboxylic acids is 3. The van der Waals surface area contributed by atoms with Gasteiger partial charge in [0.05, 0.1) is 44.8 Å². The highest BCUT2D eigenvalue weighted by atomic mass is 127. The summed E-state index contributed by atoms with van der Waals surface area (Å²) in [6, 6.07) is 38.4. The molecule has 9 heterocycles. The van der Waals surface area contributed by atoms with Crippen LogP contribution in [0.4, 0.5) is 17.1 Å². The minimum atomic E-state index is -0.303. The van der Waals surface area contributed by atoms with Crippen molar-refractivity contribution < 1.29 is 18.8 Å². The van der Waals surface area contributed by atoms with Crippen molar-refractivity contribution in [3.05, 3.63) is 194 Å². The molecule has 3 fully saturated rings. The second kappa shape index (κ2) is 29.1. The van der Waals surface area contributed by atoms with Crippen LogP contribution in [0.5, 0.6) is 0 Å². The molecule has 0 spiro atoms. The highest BCUT2D eigenvalue weighted by molar-refractivity contribution is 14.1. The number of para-hydroxylation sites is 1. The van der Waals surface area contributed by atoms with E-state index in [1.54, 1.807) is 62.5 Å². The number of rotatable bonds is 12. The SMILES string of the molecule is CN(C)CCn1c(=O)c(C#N)c(N2CCN(C(=O)c3cccs3)CC2)c2cc(I)ccc21.Cc1ccc2c(c1)c(N1CCN(C(=O)c3ccco3)CC1)c(C#N)c(=O)n2CCN(C)C.Cn1c(=O)c(C#N)c(N2CCN(C(=O)c3ccccn3)CC2)c2ccccc21. The summed E-state index contributed by atoms with van der Waals surface area (Å²) in [5, 5.41) is 34.1. The number of likely N-dealkylation sites (N-methyl/N-ethyl adjacent to an activating group) is 2. The van der Waals surface area contributed by atoms with Gasteiger partial charge in [-0.05, 0) is 130 Å². The summed E-state index contributed by atoms with van der Waals surface area (Å²) in [4.78, 5) is 97.7. The number of piperazine rings is 3. The molecule has 472 valence electrons. The number of thiophene rings is 1. The summed E-state index contributed by atoms with van der Waals surface area (Å²) in [5.41, 5.74) is 5.61. The smallest absolute Gasteiger partial charge is 0.289 e. The van der Waals surface area contributed by atoms with Gasteiger partial charge in [0.15, 0.2) is 5.76 Å². The van der Waals surface area contributed by atoms with Crippen LogP contribution < -0.4 is 31.4 Å². The zero-order valence-electron chi connectivity index (χ0n) is 52.2. The predicted molar refractivity (Wildman–Crippen MR) is 366 cm³/mol. The number of nitrogens with zero attached hydrogens (tertiary/aromatic N) is 15. The van der Waals surface area contributed by atoms with Gasteiger partial charge in [0, 0.05) is 138 Å². The Labute approximate surface area is 549 Å². The molecule has 24 heteroatoms. The first-order chi connectivity index (χ1) is 44.4. The van der Waals surface area contributed by atoms with Crippen LogP contribution in [0.25, 0.3) is 32.7 Å². The molecular formula is C68H70IN15O7S. The summed E-state index contributed by atoms with van der Waals surface area (Å²) in [6.45, 7) is 10.8. The number of halogens is 1. The highest BCUT2D eigenvalue weighted by Gasteiger charge is 2.31. The number of hydrogen-bond donors (Lipinski definition) is 0. The maximum absolute atomic E-state index is 13.3. The van der Waals surface area contributed by atoms with Crippen molar-refractivity contribution in [1.82, 2.24) is 43.2 Å². The van der Waals surface area contributed by atoms with Gasteiger partial charge in [-0.1, -0.05) is 42.0 Å². The predicted octanol–water partition coefficient (Wildman–Crippen LogP) is 7.13. The van der Waals surface area contributed by atoms with Crippen molar-refractivity contribution in [3.8, 4) is 18.2 Å². The van der Waals surface area contributed by atoms with Crippen LogP contribution >= 0.6 is 33.9 Å². The Kier molecular flexibility index (Phi) is 20.7. The Morgan fingerprint density at radius 1 is 0.554 bits per heavy atom. The van der Waals surface area contributed by atoms with E-state index in [-0.39, 0.29) is 51.1 Å². The lowest BCUT2D eigenvalue weighted by Gasteiger charge is -2.37. The molecule has 9 aromatic rings. The first kappa shape index (κ1) is 65.3. The highest BCUT2D eigenvalue weighted by Crippen LogP contribution is 2.34. The van der Waals surface area contributed by atoms with Crippen LogP contribution in [0.2, 0.25) is 0 Å². The van der Waals surface area contributed by atoms with E-state index in [9.17, 15) is 44.6 Å². The molecule has 3 aliphatic heterocycles. The molecule has 3 saturated heterocycles. The minimum absolute atomic E-state index is 0.0404. The van der Waals surface area contributed by atoms with E-state index < -0.39 is 0 Å². The lowest BCUT2D eigenvalue weighted by molar-refractivity contribution is 0.0712. The molecule has 0 unspecified atom stereocenters. The van der Waals surface area contributed by atoms with E-state index in [4.69, 9.17) is 4.42 Å². The first-order valence-electron chi connectivity index (χ1n) is 30.2. The molecule has 0 aliphatic carbocycles. The minimum Gasteiger partial charge on any atom is -0.459 e. The quantitative estimate of drug-likeness (QED) is 0.111. The number of anilines is 3. The second-order valence-electron chi connectivity index (χ2n) is 23.1. The maximum Gasteiger partial charge on any atom is 0.289 e. The Morgan fingerprint density at radius 2 is 1.05 bits per heavy atom. The topological polar surface area (TPSA) is 241 Å². The average Bonchev–Trinajstić information content (AvgIpc) is 0.896. The number of hydrogen-bond acceptors (Lipinski definition) is 17. The van der Waals surface area contributed by atoms with Crippen LogP contribution in [0.1, 0.15) is 53.0 Å². The Bertz CT molecular complexity index is 4330. The van der Waals surface area contributed by atoms with Crippen LogP contribution in [0.15, 0.2) is 140 Å². The van der Waals surface area contributed by atoms with Gasteiger partial charge in [-0.15, -0.1) is 11.3 Å². The van der Waals surface area contributed by atoms with Crippen molar-refractivity contribution >= 4 is 101 Å². The van der Waals surface area contributed by atoms with Crippen LogP contribution in [0.3, 0.4) is 0 Å². The monoisotopic (exact) mass is 1370 g/mol. The summed E-state index contributed by atoms with van der Waals surface area (Å²) in [5.74, 6) is 0.115. The third-order valence-electron chi connectivity index (χ3n) is 16.7. The summed E-state index contributed by atoms with van der Waals surface area (Å²) >= 11 is 3.71. The number of benzene rings is 3. The molecule has 0 radical (unpaired) electrons. The van der Waals surface area contributed by atoms with Gasteiger partial charge < -0.3 is 57.3 Å². The van der Waals surface area contributed by atoms with Crippen molar-refractivity contribution in [3.63, 3.8) is 0 Å². The van der Waals surface area contributed by atoms with Gasteiger partial charge in [-0.3, -0.25) is 33.8 Å². The fourth-order valence-electron chi connectivity index (χ4n) is 11.9. The molecule has 0 N–H and O–H groups in total. The van der Waals surface area contributed by atoms with Crippen molar-refractivity contribution in [2.24, 2.45) is 7.05 Å².